The Labute approximate surface area is 254 Å². The molecule has 4 N–H and O–H groups in total. The Morgan fingerprint density at radius 1 is 1.05 bits per heavy atom. The van der Waals surface area contributed by atoms with Crippen LogP contribution in [-0.4, -0.2) is 95.0 Å². The molecule has 44 heavy (non-hydrogen) atoms. The van der Waals surface area contributed by atoms with E-state index >= 15 is 0 Å². The first-order chi connectivity index (χ1) is 20.8. The second-order valence-corrected chi connectivity index (χ2v) is 13.0. The van der Waals surface area contributed by atoms with Crippen molar-refractivity contribution in [1.82, 2.24) is 9.80 Å². The maximum atomic E-state index is 14.0. The number of phenolic OH excluding ortho intramolecular Hbond substituents is 1. The summed E-state index contributed by atoms with van der Waals surface area (Å²) < 4.78 is 5.85. The fourth-order valence-corrected chi connectivity index (χ4v) is 8.33. The Kier molecular flexibility index (Phi) is 7.26. The van der Waals surface area contributed by atoms with Gasteiger partial charge < -0.3 is 20.7 Å². The van der Waals surface area contributed by atoms with Crippen molar-refractivity contribution in [1.29, 1.82) is 0 Å². The van der Waals surface area contributed by atoms with Crippen molar-refractivity contribution < 1.29 is 38.9 Å². The quantitative estimate of drug-likeness (QED) is 0.395. The number of methoxy groups -OCH3 is 1. The van der Waals surface area contributed by atoms with Crippen molar-refractivity contribution in [2.24, 2.45) is 29.4 Å². The minimum atomic E-state index is -2.75. The van der Waals surface area contributed by atoms with E-state index in [0.717, 1.165) is 12.8 Å². The van der Waals surface area contributed by atoms with Crippen LogP contribution >= 0.6 is 0 Å². The third-order valence-electron chi connectivity index (χ3n) is 10.4. The van der Waals surface area contributed by atoms with Crippen LogP contribution in [0.15, 0.2) is 30.3 Å². The largest absolute Gasteiger partial charge is 0.507 e. The molecule has 2 aromatic carbocycles. The van der Waals surface area contributed by atoms with E-state index < -0.39 is 64.4 Å². The van der Waals surface area contributed by atoms with Crippen molar-refractivity contribution in [2.45, 2.75) is 49.9 Å². The number of primary amides is 1. The van der Waals surface area contributed by atoms with Gasteiger partial charge >= 0.3 is 0 Å². The molecule has 4 aliphatic carbocycles. The number of fused-ring (bicyclic) bond motifs is 4. The van der Waals surface area contributed by atoms with E-state index in [1.165, 1.54) is 29.2 Å². The SMILES string of the molecule is COc1c(CN(C)C2Cc3ccccc3C2)cc(O)c2c1C[C@H]1C[C@H]3[C@H](N(C)C)C(=O)C(C(N)=O)C(=O)[C@@]3(O)C(=O)C1C2=O. The molecule has 2 saturated carbocycles. The number of nitrogens with two attached hydrogens (primary N) is 1. The van der Waals surface area contributed by atoms with Gasteiger partial charge in [0, 0.05) is 29.6 Å². The highest BCUT2D eigenvalue weighted by molar-refractivity contribution is 6.32. The van der Waals surface area contributed by atoms with Gasteiger partial charge in [0.25, 0.3) is 0 Å². The lowest BCUT2D eigenvalue weighted by atomic mass is 9.52. The van der Waals surface area contributed by atoms with E-state index in [4.69, 9.17) is 10.5 Å². The number of amides is 1. The number of phenols is 1. The Balaban J connectivity index is 1.36. The highest BCUT2D eigenvalue weighted by Crippen LogP contribution is 2.52. The molecule has 0 radical (unpaired) electrons. The Bertz CT molecular complexity index is 1590. The summed E-state index contributed by atoms with van der Waals surface area (Å²) in [6, 6.07) is 8.89. The fraction of sp³-hybridized carbons (Fsp3) is 0.485. The van der Waals surface area contributed by atoms with Crippen LogP contribution in [0.1, 0.15) is 39.0 Å². The van der Waals surface area contributed by atoms with Crippen molar-refractivity contribution >= 4 is 29.0 Å². The number of benzene rings is 2. The number of ketones is 4. The van der Waals surface area contributed by atoms with Gasteiger partial charge in [-0.05, 0) is 69.9 Å². The molecule has 232 valence electrons. The first-order valence-electron chi connectivity index (χ1n) is 14.8. The van der Waals surface area contributed by atoms with Gasteiger partial charge in [0.1, 0.15) is 11.5 Å². The zero-order chi connectivity index (χ0) is 31.8. The molecule has 0 spiro atoms. The van der Waals surface area contributed by atoms with Crippen molar-refractivity contribution in [3.8, 4) is 11.5 Å². The molecule has 11 nitrogen and oxygen atoms in total. The monoisotopic (exact) mass is 603 g/mol. The Morgan fingerprint density at radius 2 is 1.68 bits per heavy atom. The zero-order valence-electron chi connectivity index (χ0n) is 25.2. The average molecular weight is 604 g/mol. The van der Waals surface area contributed by atoms with Crippen LogP contribution in [0.25, 0.3) is 0 Å². The third-order valence-corrected chi connectivity index (χ3v) is 10.4. The molecule has 0 aliphatic heterocycles. The highest BCUT2D eigenvalue weighted by atomic mass is 16.5. The van der Waals surface area contributed by atoms with Crippen molar-refractivity contribution in [3.63, 3.8) is 0 Å². The summed E-state index contributed by atoms with van der Waals surface area (Å²) in [4.78, 5) is 70.6. The van der Waals surface area contributed by atoms with Gasteiger partial charge in [-0.15, -0.1) is 0 Å². The van der Waals surface area contributed by atoms with Crippen LogP contribution in [0.4, 0.5) is 0 Å². The normalized spacial score (nSPS) is 29.8. The number of hydrogen-bond donors (Lipinski definition) is 3. The van der Waals surface area contributed by atoms with Crippen LogP contribution in [0.2, 0.25) is 0 Å². The molecule has 6 atom stereocenters. The summed E-state index contributed by atoms with van der Waals surface area (Å²) in [5.74, 6) is -10.3. The highest BCUT2D eigenvalue weighted by Gasteiger charge is 2.69. The molecule has 2 aromatic rings. The second kappa shape index (κ2) is 10.6. The summed E-state index contributed by atoms with van der Waals surface area (Å²) in [7, 11) is 6.61. The van der Waals surface area contributed by atoms with E-state index in [1.807, 2.05) is 19.2 Å². The van der Waals surface area contributed by atoms with Crippen molar-refractivity contribution in [2.75, 3.05) is 28.3 Å². The van der Waals surface area contributed by atoms with Crippen LogP contribution in [-0.2, 0) is 45.0 Å². The smallest absolute Gasteiger partial charge is 0.235 e. The lowest BCUT2D eigenvalue weighted by Crippen LogP contribution is -2.74. The molecule has 1 amide bonds. The van der Waals surface area contributed by atoms with Gasteiger partial charge in [0.05, 0.1) is 24.6 Å². The van der Waals surface area contributed by atoms with E-state index in [9.17, 15) is 34.2 Å². The van der Waals surface area contributed by atoms with E-state index in [2.05, 4.69) is 17.0 Å². The lowest BCUT2D eigenvalue weighted by Gasteiger charge is -2.52. The molecular weight excluding hydrogens is 566 g/mol. The number of likely N-dealkylation sites (N-methyl/N-ethyl adjacent to an activating group) is 2. The number of Topliss-reactive ketones (excluding diaryl/α,β-unsaturated/α-hetero) is 4. The van der Waals surface area contributed by atoms with Crippen LogP contribution < -0.4 is 10.5 Å². The average Bonchev–Trinajstić information content (AvgIpc) is 3.39. The molecule has 6 rings (SSSR count). The zero-order valence-corrected chi connectivity index (χ0v) is 25.2. The number of hydrogen-bond acceptors (Lipinski definition) is 10. The van der Waals surface area contributed by atoms with Gasteiger partial charge in [-0.25, -0.2) is 0 Å². The summed E-state index contributed by atoms with van der Waals surface area (Å²) in [6.07, 6.45) is 1.91. The van der Waals surface area contributed by atoms with Gasteiger partial charge in [-0.1, -0.05) is 24.3 Å². The minimum Gasteiger partial charge on any atom is -0.507 e. The second-order valence-electron chi connectivity index (χ2n) is 13.0. The predicted molar refractivity (Wildman–Crippen MR) is 157 cm³/mol. The fourth-order valence-electron chi connectivity index (χ4n) is 8.33. The molecule has 2 fully saturated rings. The number of carbonyl (C=O) groups is 5. The maximum absolute atomic E-state index is 14.0. The van der Waals surface area contributed by atoms with Gasteiger partial charge in [-0.2, -0.15) is 0 Å². The number of aromatic hydroxyl groups is 1. The predicted octanol–water partition coefficient (Wildman–Crippen LogP) is 0.475. The van der Waals surface area contributed by atoms with E-state index in [1.54, 1.807) is 14.1 Å². The molecule has 4 aliphatic rings. The molecule has 11 heteroatoms. The standard InChI is InChI=1S/C33H37N3O8/c1-35(2)26-21-12-17-11-20-24(27(38)23(17)30(40)33(21,43)31(41)25(28(26)39)32(34)42)22(37)13-18(29(20)44-4)14-36(3)19-9-15-7-5-6-8-16(15)10-19/h5-8,13,17,19,21,23,25-26,37,43H,9-12,14H2,1-4H3,(H2,34,42)/t17-,21-,23?,25?,26-,33-/m0/s1. The van der Waals surface area contributed by atoms with E-state index in [0.29, 0.717) is 23.4 Å². The third kappa shape index (κ3) is 4.24. The molecule has 0 aromatic heterocycles. The van der Waals surface area contributed by atoms with Crippen molar-refractivity contribution in [3.05, 3.63) is 58.1 Å². The summed E-state index contributed by atoms with van der Waals surface area (Å²) >= 11 is 0. The summed E-state index contributed by atoms with van der Waals surface area (Å²) in [5, 5.41) is 22.9. The Hall–Kier alpha value is -3.93. The van der Waals surface area contributed by atoms with Gasteiger partial charge in [0.15, 0.2) is 34.7 Å². The molecule has 0 heterocycles. The number of aliphatic hydroxyl groups is 1. The first-order valence-corrected chi connectivity index (χ1v) is 14.8. The lowest BCUT2D eigenvalue weighted by molar-refractivity contribution is -0.181. The number of rotatable bonds is 6. The maximum Gasteiger partial charge on any atom is 0.235 e. The van der Waals surface area contributed by atoms with Gasteiger partial charge in [0.2, 0.25) is 5.91 Å². The van der Waals surface area contributed by atoms with Crippen LogP contribution in [0.5, 0.6) is 11.5 Å². The Morgan fingerprint density at radius 3 is 2.25 bits per heavy atom. The molecule has 0 bridgehead atoms. The molecular formula is C33H37N3O8. The van der Waals surface area contributed by atoms with Crippen LogP contribution in [0, 0.1) is 23.7 Å². The van der Waals surface area contributed by atoms with Gasteiger partial charge in [-0.3, -0.25) is 33.8 Å². The van der Waals surface area contributed by atoms with E-state index in [-0.39, 0.29) is 30.2 Å². The summed E-state index contributed by atoms with van der Waals surface area (Å²) in [5.41, 5.74) is 6.31. The number of ether oxygens (including phenoxy) is 1. The summed E-state index contributed by atoms with van der Waals surface area (Å²) in [6.45, 7) is 0.437. The minimum absolute atomic E-state index is 0.0156. The molecule has 0 saturated heterocycles. The topological polar surface area (TPSA) is 168 Å². The molecule has 2 unspecified atom stereocenters. The number of carbonyl (C=O) groups excluding carboxylic acids is 5. The van der Waals surface area contributed by atoms with Crippen LogP contribution in [0.3, 0.4) is 0 Å². The number of nitrogens with zero attached hydrogens (tertiary/aromatic N) is 2. The first kappa shape index (κ1) is 30.1.